The maximum atomic E-state index is 11.0. The van der Waals surface area contributed by atoms with E-state index >= 15 is 0 Å². The molecule has 2 saturated carbocycles. The van der Waals surface area contributed by atoms with Crippen LogP contribution in [0.15, 0.2) is 0 Å². The summed E-state index contributed by atoms with van der Waals surface area (Å²) >= 11 is 0. The number of aliphatic carboxylic acids is 1. The van der Waals surface area contributed by atoms with Crippen LogP contribution in [0.25, 0.3) is 0 Å². The van der Waals surface area contributed by atoms with Gasteiger partial charge in [-0.2, -0.15) is 0 Å². The molecule has 4 heteroatoms. The minimum atomic E-state index is -0.988. The third kappa shape index (κ3) is 0.901. The smallest absolute Gasteiger partial charge is 0.323 e. The number of rotatable bonds is 2. The lowest BCUT2D eigenvalue weighted by Gasteiger charge is -2.48. The maximum Gasteiger partial charge on any atom is 0.323 e. The minimum Gasteiger partial charge on any atom is -0.480 e. The first-order chi connectivity index (χ1) is 6.05. The van der Waals surface area contributed by atoms with Crippen LogP contribution < -0.4 is 11.5 Å². The van der Waals surface area contributed by atoms with Gasteiger partial charge < -0.3 is 16.6 Å². The van der Waals surface area contributed by atoms with E-state index in [-0.39, 0.29) is 11.3 Å². The Morgan fingerprint density at radius 1 is 1.46 bits per heavy atom. The average molecular weight is 184 g/mol. The number of fused-ring (bicyclic) bond motifs is 1. The molecule has 2 aliphatic rings. The summed E-state index contributed by atoms with van der Waals surface area (Å²) in [6, 6.07) is 0. The molecule has 0 amide bonds. The number of carbonyl (C=O) groups is 1. The van der Waals surface area contributed by atoms with Crippen LogP contribution in [0.5, 0.6) is 0 Å². The first-order valence-corrected chi connectivity index (χ1v) is 4.77. The highest BCUT2D eigenvalue weighted by Crippen LogP contribution is 2.60. The topological polar surface area (TPSA) is 89.3 Å². The van der Waals surface area contributed by atoms with Gasteiger partial charge in [0.1, 0.15) is 5.54 Å². The van der Waals surface area contributed by atoms with E-state index in [1.54, 1.807) is 0 Å². The summed E-state index contributed by atoms with van der Waals surface area (Å²) in [6.45, 7) is 0.587. The van der Waals surface area contributed by atoms with Gasteiger partial charge in [-0.3, -0.25) is 4.79 Å². The summed E-state index contributed by atoms with van der Waals surface area (Å²) in [5.41, 5.74) is 10.6. The van der Waals surface area contributed by atoms with E-state index in [2.05, 4.69) is 0 Å². The van der Waals surface area contributed by atoms with Crippen LogP contribution in [0.1, 0.15) is 25.7 Å². The van der Waals surface area contributed by atoms with E-state index in [0.29, 0.717) is 13.0 Å². The van der Waals surface area contributed by atoms with Crippen molar-refractivity contribution in [3.05, 3.63) is 0 Å². The van der Waals surface area contributed by atoms with Crippen molar-refractivity contribution < 1.29 is 9.90 Å². The lowest BCUT2D eigenvalue weighted by molar-refractivity contribution is -0.147. The predicted molar refractivity (Wildman–Crippen MR) is 48.0 cm³/mol. The number of carboxylic acids is 1. The number of hydrogen-bond donors (Lipinski definition) is 3. The van der Waals surface area contributed by atoms with Crippen molar-refractivity contribution in [2.24, 2.45) is 22.8 Å². The number of carboxylic acid groups (broad SMARTS) is 1. The third-order valence-corrected chi connectivity index (χ3v) is 4.13. The highest BCUT2D eigenvalue weighted by Gasteiger charge is 2.62. The van der Waals surface area contributed by atoms with Gasteiger partial charge >= 0.3 is 5.97 Å². The Morgan fingerprint density at radius 3 is 2.46 bits per heavy atom. The van der Waals surface area contributed by atoms with Crippen molar-refractivity contribution >= 4 is 5.97 Å². The first-order valence-electron chi connectivity index (χ1n) is 4.77. The molecule has 5 N–H and O–H groups in total. The highest BCUT2D eigenvalue weighted by molar-refractivity contribution is 5.80. The fourth-order valence-electron chi connectivity index (χ4n) is 3.03. The number of nitrogens with two attached hydrogens (primary N) is 2. The van der Waals surface area contributed by atoms with E-state index in [9.17, 15) is 4.79 Å². The van der Waals surface area contributed by atoms with Gasteiger partial charge in [0.15, 0.2) is 0 Å². The Bertz CT molecular complexity index is 252. The molecule has 2 aliphatic carbocycles. The van der Waals surface area contributed by atoms with E-state index in [4.69, 9.17) is 16.6 Å². The summed E-state index contributed by atoms with van der Waals surface area (Å²) < 4.78 is 0. The zero-order valence-electron chi connectivity index (χ0n) is 7.62. The fourth-order valence-corrected chi connectivity index (χ4v) is 3.03. The predicted octanol–water partition coefficient (Wildman–Crippen LogP) is -0.0826. The molecule has 0 saturated heterocycles. The lowest BCUT2D eigenvalue weighted by Crippen LogP contribution is -2.59. The van der Waals surface area contributed by atoms with Gasteiger partial charge in [0, 0.05) is 0 Å². The Balaban J connectivity index is 2.25. The molecule has 0 radical (unpaired) electrons. The second kappa shape index (κ2) is 2.45. The van der Waals surface area contributed by atoms with Crippen molar-refractivity contribution in [3.8, 4) is 0 Å². The second-order valence-corrected chi connectivity index (χ2v) is 4.50. The van der Waals surface area contributed by atoms with Crippen LogP contribution in [0.2, 0.25) is 0 Å². The average Bonchev–Trinajstić information content (AvgIpc) is 2.22. The Kier molecular flexibility index (Phi) is 1.69. The molecule has 0 aromatic heterocycles. The van der Waals surface area contributed by atoms with Gasteiger partial charge in [0.2, 0.25) is 0 Å². The molecule has 0 bridgehead atoms. The SMILES string of the molecule is NC[C@]12CC[C@H]1C(N)(C(=O)O)CC2. The van der Waals surface area contributed by atoms with Gasteiger partial charge in [-0.1, -0.05) is 0 Å². The van der Waals surface area contributed by atoms with Crippen molar-refractivity contribution in [1.29, 1.82) is 0 Å². The van der Waals surface area contributed by atoms with Gasteiger partial charge in [-0.15, -0.1) is 0 Å². The molecule has 0 heterocycles. The largest absolute Gasteiger partial charge is 0.480 e. The number of hydrogen-bond acceptors (Lipinski definition) is 3. The molecule has 3 atom stereocenters. The summed E-state index contributed by atoms with van der Waals surface area (Å²) in [5.74, 6) is -0.741. The van der Waals surface area contributed by atoms with Crippen LogP contribution in [0.3, 0.4) is 0 Å². The molecule has 0 aliphatic heterocycles. The first kappa shape index (κ1) is 8.97. The lowest BCUT2D eigenvalue weighted by atomic mass is 9.58. The Morgan fingerprint density at radius 2 is 2.15 bits per heavy atom. The van der Waals surface area contributed by atoms with E-state index in [1.165, 1.54) is 0 Å². The monoisotopic (exact) mass is 184 g/mol. The summed E-state index contributed by atoms with van der Waals surface area (Å²) in [6.07, 6.45) is 3.46. The second-order valence-electron chi connectivity index (χ2n) is 4.50. The van der Waals surface area contributed by atoms with Crippen LogP contribution in [0.4, 0.5) is 0 Å². The molecule has 1 unspecified atom stereocenters. The maximum absolute atomic E-state index is 11.0. The molecule has 0 spiro atoms. The van der Waals surface area contributed by atoms with Crippen LogP contribution in [0, 0.1) is 11.3 Å². The summed E-state index contributed by atoms with van der Waals surface area (Å²) in [4.78, 5) is 11.0. The zero-order chi connectivity index (χ0) is 9.69. The van der Waals surface area contributed by atoms with Crippen molar-refractivity contribution in [2.45, 2.75) is 31.2 Å². The van der Waals surface area contributed by atoms with Crippen molar-refractivity contribution in [3.63, 3.8) is 0 Å². The molecule has 2 fully saturated rings. The van der Waals surface area contributed by atoms with Crippen molar-refractivity contribution in [1.82, 2.24) is 0 Å². The van der Waals surface area contributed by atoms with Crippen LogP contribution in [-0.4, -0.2) is 23.2 Å². The van der Waals surface area contributed by atoms with E-state index in [0.717, 1.165) is 19.3 Å². The zero-order valence-corrected chi connectivity index (χ0v) is 7.62. The normalized spacial score (nSPS) is 48.3. The molecule has 74 valence electrons. The standard InChI is InChI=1S/C9H16N2O2/c10-5-8-2-1-6(8)9(11,4-3-8)7(12)13/h6H,1-5,10-11H2,(H,12,13)/t6-,8-,9?/m1/s1. The molecule has 13 heavy (non-hydrogen) atoms. The van der Waals surface area contributed by atoms with Gasteiger partial charge in [0.05, 0.1) is 0 Å². The van der Waals surface area contributed by atoms with Crippen molar-refractivity contribution in [2.75, 3.05) is 6.54 Å². The van der Waals surface area contributed by atoms with E-state index in [1.807, 2.05) is 0 Å². The molecular weight excluding hydrogens is 168 g/mol. The van der Waals surface area contributed by atoms with Crippen LogP contribution in [-0.2, 0) is 4.79 Å². The third-order valence-electron chi connectivity index (χ3n) is 4.13. The molecule has 0 aromatic rings. The minimum absolute atomic E-state index is 0.0626. The quantitative estimate of drug-likeness (QED) is 0.560. The molecule has 2 rings (SSSR count). The fraction of sp³-hybridized carbons (Fsp3) is 0.889. The Hall–Kier alpha value is -0.610. The summed E-state index contributed by atoms with van der Waals surface area (Å²) in [5, 5.41) is 9.04. The van der Waals surface area contributed by atoms with Gasteiger partial charge in [0.25, 0.3) is 0 Å². The summed E-state index contributed by atoms with van der Waals surface area (Å²) in [7, 11) is 0. The van der Waals surface area contributed by atoms with Gasteiger partial charge in [-0.05, 0) is 43.6 Å². The Labute approximate surface area is 77.3 Å². The van der Waals surface area contributed by atoms with Gasteiger partial charge in [-0.25, -0.2) is 0 Å². The molecular formula is C9H16N2O2. The highest BCUT2D eigenvalue weighted by atomic mass is 16.4. The molecule has 4 nitrogen and oxygen atoms in total. The molecule has 0 aromatic carbocycles. The van der Waals surface area contributed by atoms with E-state index < -0.39 is 11.5 Å². The van der Waals surface area contributed by atoms with Crippen LogP contribution >= 0.6 is 0 Å².